The van der Waals surface area contributed by atoms with Crippen molar-refractivity contribution in [2.75, 3.05) is 36.0 Å². The van der Waals surface area contributed by atoms with E-state index in [9.17, 15) is 9.18 Å². The number of halogens is 2. The van der Waals surface area contributed by atoms with Gasteiger partial charge in [-0.25, -0.2) is 9.37 Å². The van der Waals surface area contributed by atoms with Gasteiger partial charge >= 0.3 is 0 Å². The molecule has 172 valence electrons. The summed E-state index contributed by atoms with van der Waals surface area (Å²) < 4.78 is 13.3. The monoisotopic (exact) mass is 474 g/mol. The summed E-state index contributed by atoms with van der Waals surface area (Å²) >= 11 is 6.08. The van der Waals surface area contributed by atoms with Gasteiger partial charge in [0.15, 0.2) is 0 Å². The van der Waals surface area contributed by atoms with Crippen molar-refractivity contribution >= 4 is 39.8 Å². The number of anilines is 2. The highest BCUT2D eigenvalue weighted by Crippen LogP contribution is 2.27. The van der Waals surface area contributed by atoms with E-state index in [1.165, 1.54) is 17.8 Å². The van der Waals surface area contributed by atoms with Crippen LogP contribution in [0.25, 0.3) is 10.8 Å². The molecule has 0 spiro atoms. The van der Waals surface area contributed by atoms with Crippen molar-refractivity contribution in [2.24, 2.45) is 0 Å². The quantitative estimate of drug-likeness (QED) is 0.427. The van der Waals surface area contributed by atoms with Crippen molar-refractivity contribution in [1.29, 1.82) is 0 Å². The third kappa shape index (κ3) is 4.68. The van der Waals surface area contributed by atoms with Crippen molar-refractivity contribution in [2.45, 2.75) is 6.54 Å². The van der Waals surface area contributed by atoms with Gasteiger partial charge in [-0.05, 0) is 53.4 Å². The van der Waals surface area contributed by atoms with Crippen molar-refractivity contribution < 1.29 is 9.18 Å². The topological polar surface area (TPSA) is 48.5 Å². The number of fused-ring (bicyclic) bond motifs is 1. The molecule has 2 heterocycles. The second-order valence-corrected chi connectivity index (χ2v) is 8.71. The van der Waals surface area contributed by atoms with Gasteiger partial charge < -0.3 is 15.1 Å². The number of amides is 1. The van der Waals surface area contributed by atoms with Crippen LogP contribution < -0.4 is 15.1 Å². The molecule has 1 aliphatic rings. The maximum absolute atomic E-state index is 13.3. The van der Waals surface area contributed by atoms with E-state index < -0.39 is 5.82 Å². The summed E-state index contributed by atoms with van der Waals surface area (Å²) in [4.78, 5) is 22.2. The Kier molecular flexibility index (Phi) is 6.32. The summed E-state index contributed by atoms with van der Waals surface area (Å²) in [6, 6.07) is 22.2. The molecule has 1 N–H and O–H groups in total. The van der Waals surface area contributed by atoms with Crippen LogP contribution >= 0.6 is 11.6 Å². The molecule has 3 aromatic carbocycles. The lowest BCUT2D eigenvalue weighted by atomic mass is 10.1. The minimum Gasteiger partial charge on any atom is -0.368 e. The van der Waals surface area contributed by atoms with Crippen molar-refractivity contribution in [1.82, 2.24) is 10.3 Å². The molecule has 0 bridgehead atoms. The van der Waals surface area contributed by atoms with Gasteiger partial charge in [0.1, 0.15) is 11.6 Å². The molecule has 5 rings (SSSR count). The summed E-state index contributed by atoms with van der Waals surface area (Å²) in [7, 11) is 0. The lowest BCUT2D eigenvalue weighted by Gasteiger charge is -2.37. The van der Waals surface area contributed by atoms with Gasteiger partial charge in [0.2, 0.25) is 0 Å². The number of pyridine rings is 1. The second kappa shape index (κ2) is 9.69. The zero-order chi connectivity index (χ0) is 23.5. The van der Waals surface area contributed by atoms with Gasteiger partial charge in [0.05, 0.1) is 0 Å². The van der Waals surface area contributed by atoms with Gasteiger partial charge in [-0.2, -0.15) is 0 Å². The molecule has 0 saturated carbocycles. The zero-order valence-electron chi connectivity index (χ0n) is 18.5. The van der Waals surface area contributed by atoms with Gasteiger partial charge in [-0.1, -0.05) is 41.9 Å². The second-order valence-electron chi connectivity index (χ2n) is 8.30. The fraction of sp³-hybridized carbons (Fsp3) is 0.185. The first-order valence-electron chi connectivity index (χ1n) is 11.2. The van der Waals surface area contributed by atoms with Gasteiger partial charge in [-0.15, -0.1) is 0 Å². The Morgan fingerprint density at radius 3 is 2.47 bits per heavy atom. The highest BCUT2D eigenvalue weighted by Gasteiger charge is 2.20. The fourth-order valence-electron chi connectivity index (χ4n) is 4.30. The van der Waals surface area contributed by atoms with Crippen LogP contribution in [0, 0.1) is 5.82 Å². The molecule has 0 radical (unpaired) electrons. The number of rotatable bonds is 5. The number of hydrogen-bond acceptors (Lipinski definition) is 4. The first-order valence-corrected chi connectivity index (χ1v) is 11.6. The molecular weight excluding hydrogens is 451 g/mol. The molecule has 0 atom stereocenters. The molecular formula is C27H24ClFN4O. The Balaban J connectivity index is 1.32. The number of para-hydroxylation sites is 1. The minimum absolute atomic E-state index is 0.217. The highest BCUT2D eigenvalue weighted by molar-refractivity contribution is 6.31. The van der Waals surface area contributed by atoms with E-state index in [4.69, 9.17) is 11.6 Å². The van der Waals surface area contributed by atoms with Crippen LogP contribution in [0.1, 0.15) is 15.9 Å². The molecule has 1 amide bonds. The molecule has 34 heavy (non-hydrogen) atoms. The lowest BCUT2D eigenvalue weighted by molar-refractivity contribution is 0.0951. The number of carbonyl (C=O) groups is 1. The Hall–Kier alpha value is -3.64. The fourth-order valence-corrected chi connectivity index (χ4v) is 4.54. The molecule has 5 nitrogen and oxygen atoms in total. The minimum atomic E-state index is -0.403. The molecule has 0 aliphatic carbocycles. The number of nitrogens with one attached hydrogen (secondary N) is 1. The lowest BCUT2D eigenvalue weighted by Crippen LogP contribution is -2.46. The summed E-state index contributed by atoms with van der Waals surface area (Å²) in [5.74, 6) is 0.270. The molecule has 0 unspecified atom stereocenters. The van der Waals surface area contributed by atoms with Crippen LogP contribution in [0.4, 0.5) is 15.9 Å². The maximum atomic E-state index is 13.3. The Morgan fingerprint density at radius 2 is 1.71 bits per heavy atom. The van der Waals surface area contributed by atoms with E-state index in [2.05, 4.69) is 44.4 Å². The molecule has 7 heteroatoms. The van der Waals surface area contributed by atoms with E-state index in [1.807, 2.05) is 30.5 Å². The number of nitrogens with zero attached hydrogens (tertiary/aromatic N) is 3. The summed E-state index contributed by atoms with van der Waals surface area (Å²) in [6.07, 6.45) is 1.82. The molecule has 1 fully saturated rings. The number of carbonyl (C=O) groups excluding carboxylic acids is 1. The Morgan fingerprint density at radius 1 is 0.941 bits per heavy atom. The smallest absolute Gasteiger partial charge is 0.251 e. The van der Waals surface area contributed by atoms with Crippen LogP contribution in [0.3, 0.4) is 0 Å². The van der Waals surface area contributed by atoms with E-state index >= 15 is 0 Å². The van der Waals surface area contributed by atoms with Crippen molar-refractivity contribution in [3.05, 3.63) is 101 Å². The normalized spacial score (nSPS) is 13.8. The van der Waals surface area contributed by atoms with E-state index in [0.717, 1.165) is 42.8 Å². The molecule has 4 aromatic rings. The molecule has 1 aromatic heterocycles. The van der Waals surface area contributed by atoms with Crippen LogP contribution in [-0.2, 0) is 6.54 Å². The first kappa shape index (κ1) is 22.2. The third-order valence-electron chi connectivity index (χ3n) is 6.16. The standard InChI is InChI=1S/C27H24ClFN4O/c28-25-17-22(29)9-8-21(25)18-31-27(34)20-7-6-19-10-11-30-26(24(19)16-20)33-14-12-32(13-15-33)23-4-2-1-3-5-23/h1-11,16-17H,12-15,18H2,(H,31,34). The van der Waals surface area contributed by atoms with Gasteiger partial charge in [-0.3, -0.25) is 4.79 Å². The van der Waals surface area contributed by atoms with E-state index in [-0.39, 0.29) is 12.5 Å². The van der Waals surface area contributed by atoms with Crippen LogP contribution in [0.2, 0.25) is 5.02 Å². The zero-order valence-corrected chi connectivity index (χ0v) is 19.3. The summed E-state index contributed by atoms with van der Waals surface area (Å²) in [5.41, 5.74) is 2.44. The molecule has 1 saturated heterocycles. The third-order valence-corrected chi connectivity index (χ3v) is 6.51. The Labute approximate surface area is 202 Å². The van der Waals surface area contributed by atoms with Gasteiger partial charge in [0, 0.05) is 60.6 Å². The van der Waals surface area contributed by atoms with Crippen molar-refractivity contribution in [3.63, 3.8) is 0 Å². The predicted octanol–water partition coefficient (Wildman–Crippen LogP) is 5.28. The number of piperazine rings is 1. The Bertz CT molecular complexity index is 1320. The summed E-state index contributed by atoms with van der Waals surface area (Å²) in [6.45, 7) is 3.72. The first-order chi connectivity index (χ1) is 16.6. The largest absolute Gasteiger partial charge is 0.368 e. The average Bonchev–Trinajstić information content (AvgIpc) is 2.88. The van der Waals surface area contributed by atoms with Crippen LogP contribution in [-0.4, -0.2) is 37.1 Å². The van der Waals surface area contributed by atoms with Crippen molar-refractivity contribution in [3.8, 4) is 0 Å². The summed E-state index contributed by atoms with van der Waals surface area (Å²) in [5, 5.41) is 5.15. The van der Waals surface area contributed by atoms with Crippen LogP contribution in [0.5, 0.6) is 0 Å². The number of benzene rings is 3. The average molecular weight is 475 g/mol. The van der Waals surface area contributed by atoms with Crippen LogP contribution in [0.15, 0.2) is 79.0 Å². The predicted molar refractivity (Wildman–Crippen MR) is 135 cm³/mol. The highest BCUT2D eigenvalue weighted by atomic mass is 35.5. The number of aromatic nitrogens is 1. The van der Waals surface area contributed by atoms with E-state index in [1.54, 1.807) is 12.1 Å². The maximum Gasteiger partial charge on any atom is 0.251 e. The SMILES string of the molecule is O=C(NCc1ccc(F)cc1Cl)c1ccc2ccnc(N3CCN(c4ccccc4)CC3)c2c1. The van der Waals surface area contributed by atoms with E-state index in [0.29, 0.717) is 16.1 Å². The molecule has 1 aliphatic heterocycles. The number of hydrogen-bond donors (Lipinski definition) is 1. The van der Waals surface area contributed by atoms with Gasteiger partial charge in [0.25, 0.3) is 5.91 Å².